The van der Waals surface area contributed by atoms with Crippen LogP contribution in [0.4, 0.5) is 0 Å². The van der Waals surface area contributed by atoms with E-state index < -0.39 is 11.9 Å². The van der Waals surface area contributed by atoms with Gasteiger partial charge in [0.05, 0.1) is 0 Å². The number of hydrogen-bond acceptors (Lipinski definition) is 3. The van der Waals surface area contributed by atoms with E-state index in [1.807, 2.05) is 32.2 Å². The molecule has 0 aromatic carbocycles. The quantitative estimate of drug-likeness (QED) is 0.789. The monoisotopic (exact) mass is 241 g/mol. The molecule has 1 heterocycles. The molecule has 16 heavy (non-hydrogen) atoms. The summed E-state index contributed by atoms with van der Waals surface area (Å²) in [6.07, 6.45) is 0. The van der Waals surface area contributed by atoms with Crippen molar-refractivity contribution < 1.29 is 14.7 Å². The van der Waals surface area contributed by atoms with Gasteiger partial charge in [-0.3, -0.25) is 4.79 Å². The molecule has 1 aromatic rings. The van der Waals surface area contributed by atoms with Gasteiger partial charge in [0.15, 0.2) is 0 Å². The minimum Gasteiger partial charge on any atom is -0.474 e. The van der Waals surface area contributed by atoms with E-state index in [0.717, 1.165) is 4.88 Å². The first-order valence-electron chi connectivity index (χ1n) is 4.90. The number of carbonyl (C=O) groups is 2. The lowest BCUT2D eigenvalue weighted by molar-refractivity contribution is -0.150. The first kappa shape index (κ1) is 12.7. The average Bonchev–Trinajstić information content (AvgIpc) is 2.61. The van der Waals surface area contributed by atoms with Gasteiger partial charge in [-0.2, -0.15) is 0 Å². The summed E-state index contributed by atoms with van der Waals surface area (Å²) in [5, 5.41) is 12.9. The Labute approximate surface area is 98.3 Å². The molecular formula is C11H15NO3S. The zero-order valence-electron chi connectivity index (χ0n) is 9.53. The van der Waals surface area contributed by atoms with Crippen molar-refractivity contribution in [3.05, 3.63) is 21.9 Å². The fourth-order valence-corrected chi connectivity index (χ4v) is 2.58. The normalized spacial score (nSPS) is 11.2. The van der Waals surface area contributed by atoms with Crippen LogP contribution in [-0.2, 0) is 15.0 Å². The molecule has 0 saturated carbocycles. The van der Waals surface area contributed by atoms with Gasteiger partial charge in [-0.15, -0.1) is 11.3 Å². The van der Waals surface area contributed by atoms with Gasteiger partial charge in [0.25, 0.3) is 0 Å². The van der Waals surface area contributed by atoms with Crippen LogP contribution in [0.1, 0.15) is 24.3 Å². The van der Waals surface area contributed by atoms with Crippen LogP contribution >= 0.6 is 11.3 Å². The number of carboxylic acids is 1. The van der Waals surface area contributed by atoms with Gasteiger partial charge in [-0.1, -0.05) is 13.8 Å². The number of nitrogens with one attached hydrogen (secondary N) is 1. The maximum Gasteiger partial charge on any atom is 0.394 e. The van der Waals surface area contributed by atoms with Crippen LogP contribution in [0.5, 0.6) is 0 Å². The predicted octanol–water partition coefficient (Wildman–Crippen LogP) is 1.53. The van der Waals surface area contributed by atoms with Crippen LogP contribution in [-0.4, -0.2) is 23.5 Å². The Bertz CT molecular complexity index is 409. The second-order valence-electron chi connectivity index (χ2n) is 4.30. The van der Waals surface area contributed by atoms with Crippen LogP contribution in [0.15, 0.2) is 11.4 Å². The van der Waals surface area contributed by atoms with Crippen molar-refractivity contribution in [2.24, 2.45) is 0 Å². The van der Waals surface area contributed by atoms with Gasteiger partial charge < -0.3 is 10.4 Å². The summed E-state index contributed by atoms with van der Waals surface area (Å²) in [4.78, 5) is 22.5. The van der Waals surface area contributed by atoms with Crippen LogP contribution in [0.2, 0.25) is 0 Å². The summed E-state index contributed by atoms with van der Waals surface area (Å²) in [6.45, 7) is 6.29. The molecule has 4 nitrogen and oxygen atoms in total. The maximum absolute atomic E-state index is 10.9. The van der Waals surface area contributed by atoms with E-state index in [2.05, 4.69) is 5.32 Å². The Morgan fingerprint density at radius 3 is 2.56 bits per heavy atom. The third kappa shape index (κ3) is 2.82. The van der Waals surface area contributed by atoms with Crippen molar-refractivity contribution in [1.29, 1.82) is 0 Å². The van der Waals surface area contributed by atoms with E-state index in [1.165, 1.54) is 5.56 Å². The van der Waals surface area contributed by atoms with Crippen molar-refractivity contribution in [3.8, 4) is 0 Å². The maximum atomic E-state index is 10.9. The molecule has 0 fully saturated rings. The lowest BCUT2D eigenvalue weighted by Crippen LogP contribution is -2.39. The molecule has 0 bridgehead atoms. The molecule has 0 aliphatic carbocycles. The number of rotatable bonds is 3. The summed E-state index contributed by atoms with van der Waals surface area (Å²) >= 11 is 1.62. The highest BCUT2D eigenvalue weighted by atomic mass is 32.1. The highest BCUT2D eigenvalue weighted by Gasteiger charge is 2.25. The number of hydrogen-bond donors (Lipinski definition) is 2. The number of thiophene rings is 1. The summed E-state index contributed by atoms with van der Waals surface area (Å²) < 4.78 is 0. The molecule has 5 heteroatoms. The number of carboxylic acid groups (broad SMARTS) is 1. The molecule has 0 unspecified atom stereocenters. The summed E-state index contributed by atoms with van der Waals surface area (Å²) in [5.74, 6) is -2.40. The molecule has 0 radical (unpaired) electrons. The highest BCUT2D eigenvalue weighted by Crippen LogP contribution is 2.30. The van der Waals surface area contributed by atoms with Gasteiger partial charge in [0.2, 0.25) is 0 Å². The topological polar surface area (TPSA) is 66.4 Å². The molecular weight excluding hydrogens is 226 g/mol. The van der Waals surface area contributed by atoms with E-state index in [-0.39, 0.29) is 5.41 Å². The van der Waals surface area contributed by atoms with Crippen LogP contribution in [0, 0.1) is 6.92 Å². The summed E-state index contributed by atoms with van der Waals surface area (Å²) in [5.41, 5.74) is 0.920. The standard InChI is InChI=1S/C11H15NO3S/c1-7-4-5-16-8(7)11(2,3)6-12-9(13)10(14)15/h4-5H,6H2,1-3H3,(H,12,13)(H,14,15). The van der Waals surface area contributed by atoms with Crippen molar-refractivity contribution in [3.63, 3.8) is 0 Å². The third-order valence-electron chi connectivity index (χ3n) is 2.36. The molecule has 0 aliphatic heterocycles. The Morgan fingerprint density at radius 1 is 1.50 bits per heavy atom. The zero-order chi connectivity index (χ0) is 12.3. The van der Waals surface area contributed by atoms with Crippen LogP contribution in [0.25, 0.3) is 0 Å². The van der Waals surface area contributed by atoms with Crippen molar-refractivity contribution >= 4 is 23.2 Å². The van der Waals surface area contributed by atoms with E-state index in [0.29, 0.717) is 6.54 Å². The average molecular weight is 241 g/mol. The van der Waals surface area contributed by atoms with E-state index in [9.17, 15) is 9.59 Å². The molecule has 1 aromatic heterocycles. The minimum atomic E-state index is -1.45. The summed E-state index contributed by atoms with van der Waals surface area (Å²) in [6, 6.07) is 2.01. The van der Waals surface area contributed by atoms with Crippen LogP contribution < -0.4 is 5.32 Å². The molecule has 0 aliphatic rings. The summed E-state index contributed by atoms with van der Waals surface area (Å²) in [7, 11) is 0. The molecule has 2 N–H and O–H groups in total. The Kier molecular flexibility index (Phi) is 3.70. The Morgan fingerprint density at radius 2 is 2.12 bits per heavy atom. The van der Waals surface area contributed by atoms with Crippen molar-refractivity contribution in [1.82, 2.24) is 5.32 Å². The highest BCUT2D eigenvalue weighted by molar-refractivity contribution is 7.10. The van der Waals surface area contributed by atoms with E-state index in [1.54, 1.807) is 11.3 Å². The van der Waals surface area contributed by atoms with Crippen molar-refractivity contribution in [2.45, 2.75) is 26.2 Å². The second-order valence-corrected chi connectivity index (χ2v) is 5.22. The minimum absolute atomic E-state index is 0.247. The lowest BCUT2D eigenvalue weighted by Gasteiger charge is -2.24. The largest absolute Gasteiger partial charge is 0.474 e. The molecule has 1 amide bonds. The molecule has 0 atom stereocenters. The Hall–Kier alpha value is -1.36. The molecule has 1 rings (SSSR count). The predicted molar refractivity (Wildman–Crippen MR) is 62.7 cm³/mol. The van der Waals surface area contributed by atoms with Gasteiger partial charge in [0.1, 0.15) is 0 Å². The third-order valence-corrected chi connectivity index (χ3v) is 3.74. The molecule has 0 spiro atoms. The SMILES string of the molecule is Cc1ccsc1C(C)(C)CNC(=O)C(=O)O. The second kappa shape index (κ2) is 4.65. The first-order valence-corrected chi connectivity index (χ1v) is 5.78. The van der Waals surface area contributed by atoms with E-state index >= 15 is 0 Å². The molecule has 0 saturated heterocycles. The van der Waals surface area contributed by atoms with Crippen molar-refractivity contribution in [2.75, 3.05) is 6.54 Å². The van der Waals surface area contributed by atoms with E-state index in [4.69, 9.17) is 5.11 Å². The molecule has 88 valence electrons. The number of aryl methyl sites for hydroxylation is 1. The van der Waals surface area contributed by atoms with Gasteiger partial charge in [0, 0.05) is 16.8 Å². The number of amides is 1. The van der Waals surface area contributed by atoms with Gasteiger partial charge >= 0.3 is 11.9 Å². The fraction of sp³-hybridized carbons (Fsp3) is 0.455. The van der Waals surface area contributed by atoms with Crippen LogP contribution in [0.3, 0.4) is 0 Å². The number of carbonyl (C=O) groups excluding carboxylic acids is 1. The first-order chi connectivity index (χ1) is 7.34. The lowest BCUT2D eigenvalue weighted by atomic mass is 9.89. The zero-order valence-corrected chi connectivity index (χ0v) is 10.4. The van der Waals surface area contributed by atoms with Gasteiger partial charge in [-0.25, -0.2) is 4.79 Å². The van der Waals surface area contributed by atoms with Gasteiger partial charge in [-0.05, 0) is 23.9 Å². The number of aliphatic carboxylic acids is 1. The smallest absolute Gasteiger partial charge is 0.394 e. The fourth-order valence-electron chi connectivity index (χ4n) is 1.52. The Balaban J connectivity index is 2.70.